The van der Waals surface area contributed by atoms with E-state index in [4.69, 9.17) is 11.6 Å². The normalized spacial score (nSPS) is 9.29. The second-order valence-electron chi connectivity index (χ2n) is 1.21. The molecule has 1 rings (SSSR count). The first kappa shape index (κ1) is 5.13. The van der Waals surface area contributed by atoms with Crippen LogP contribution >= 0.6 is 22.9 Å². The number of rotatable bonds is 1. The lowest BCUT2D eigenvalue weighted by atomic mass is 10.4. The summed E-state index contributed by atoms with van der Waals surface area (Å²) in [6.45, 7) is 0. The van der Waals surface area contributed by atoms with Gasteiger partial charge in [0.05, 0.1) is 0 Å². The molecule has 0 amide bonds. The topological polar surface area (TPSA) is 0 Å². The SMILES string of the molecule is ClCc1c[c]sc1. The molecule has 1 heterocycles. The van der Waals surface area contributed by atoms with Crippen LogP contribution in [0.25, 0.3) is 0 Å². The van der Waals surface area contributed by atoms with Gasteiger partial charge in [0, 0.05) is 11.3 Å². The van der Waals surface area contributed by atoms with Gasteiger partial charge >= 0.3 is 0 Å². The molecular formula is C5H4ClS. The highest BCUT2D eigenvalue weighted by atomic mass is 35.5. The molecule has 0 saturated carbocycles. The van der Waals surface area contributed by atoms with Crippen LogP contribution in [0.5, 0.6) is 0 Å². The quantitative estimate of drug-likeness (QED) is 0.513. The summed E-state index contributed by atoms with van der Waals surface area (Å²) in [6.07, 6.45) is 0. The minimum absolute atomic E-state index is 0.611. The Morgan fingerprint density at radius 2 is 2.71 bits per heavy atom. The summed E-state index contributed by atoms with van der Waals surface area (Å²) in [4.78, 5) is 0. The molecule has 0 nitrogen and oxygen atoms in total. The molecule has 0 unspecified atom stereocenters. The van der Waals surface area contributed by atoms with Crippen molar-refractivity contribution in [1.82, 2.24) is 0 Å². The smallest absolute Gasteiger partial charge is 0.0482 e. The predicted octanol–water partition coefficient (Wildman–Crippen LogP) is 2.29. The summed E-state index contributed by atoms with van der Waals surface area (Å²) in [7, 11) is 0. The van der Waals surface area contributed by atoms with E-state index in [2.05, 4.69) is 5.38 Å². The lowest BCUT2D eigenvalue weighted by molar-refractivity contribution is 1.46. The molecule has 0 aliphatic carbocycles. The summed E-state index contributed by atoms with van der Waals surface area (Å²) in [5, 5.41) is 4.93. The lowest BCUT2D eigenvalue weighted by Gasteiger charge is -1.76. The van der Waals surface area contributed by atoms with Crippen LogP contribution in [0.15, 0.2) is 11.4 Å². The van der Waals surface area contributed by atoms with Crippen LogP contribution in [0, 0.1) is 5.38 Å². The van der Waals surface area contributed by atoms with Gasteiger partial charge in [-0.15, -0.1) is 22.9 Å². The molecule has 0 saturated heterocycles. The fourth-order valence-electron chi connectivity index (χ4n) is 0.324. The van der Waals surface area contributed by atoms with Gasteiger partial charge in [-0.05, 0) is 17.0 Å². The van der Waals surface area contributed by atoms with Crippen molar-refractivity contribution in [2.75, 3.05) is 0 Å². The van der Waals surface area contributed by atoms with E-state index in [0.29, 0.717) is 5.88 Å². The second-order valence-corrected chi connectivity index (χ2v) is 2.18. The van der Waals surface area contributed by atoms with Gasteiger partial charge in [0.1, 0.15) is 0 Å². The zero-order chi connectivity index (χ0) is 5.11. The molecule has 1 aromatic heterocycles. The average Bonchev–Trinajstić information content (AvgIpc) is 2.14. The van der Waals surface area contributed by atoms with Crippen LogP contribution in [-0.2, 0) is 5.88 Å². The van der Waals surface area contributed by atoms with Crippen LogP contribution in [-0.4, -0.2) is 0 Å². The Bertz CT molecular complexity index is 123. The molecule has 0 spiro atoms. The zero-order valence-electron chi connectivity index (χ0n) is 3.65. The molecule has 0 aromatic carbocycles. The highest BCUT2D eigenvalue weighted by molar-refractivity contribution is 7.07. The molecule has 1 radical (unpaired) electrons. The van der Waals surface area contributed by atoms with Gasteiger partial charge in [0.2, 0.25) is 0 Å². The van der Waals surface area contributed by atoms with Gasteiger partial charge in [-0.2, -0.15) is 0 Å². The van der Waals surface area contributed by atoms with Crippen molar-refractivity contribution in [2.24, 2.45) is 0 Å². The Balaban J connectivity index is 2.76. The van der Waals surface area contributed by atoms with E-state index in [-0.39, 0.29) is 0 Å². The molecule has 7 heavy (non-hydrogen) atoms. The Hall–Kier alpha value is -0.0100. The maximum atomic E-state index is 5.45. The Morgan fingerprint density at radius 1 is 1.86 bits per heavy atom. The number of alkyl halides is 1. The maximum Gasteiger partial charge on any atom is 0.0482 e. The van der Waals surface area contributed by atoms with Crippen molar-refractivity contribution in [3.8, 4) is 0 Å². The van der Waals surface area contributed by atoms with Crippen molar-refractivity contribution in [1.29, 1.82) is 0 Å². The van der Waals surface area contributed by atoms with Crippen LogP contribution in [0.4, 0.5) is 0 Å². The van der Waals surface area contributed by atoms with Gasteiger partial charge in [-0.3, -0.25) is 0 Å². The molecule has 0 aliphatic rings. The molecule has 1 aromatic rings. The molecule has 2 heteroatoms. The molecule has 0 aliphatic heterocycles. The standard InChI is InChI=1S/C5H4ClS/c6-3-5-1-2-7-4-5/h1,4H,3H2. The van der Waals surface area contributed by atoms with Gasteiger partial charge in [0.15, 0.2) is 0 Å². The van der Waals surface area contributed by atoms with Crippen LogP contribution in [0.3, 0.4) is 0 Å². The van der Waals surface area contributed by atoms with Crippen molar-refractivity contribution in [3.05, 3.63) is 22.4 Å². The fraction of sp³-hybridized carbons (Fsp3) is 0.200. The van der Waals surface area contributed by atoms with E-state index in [1.807, 2.05) is 11.4 Å². The van der Waals surface area contributed by atoms with Gasteiger partial charge in [0.25, 0.3) is 0 Å². The summed E-state index contributed by atoms with van der Waals surface area (Å²) in [5.74, 6) is 0.611. The van der Waals surface area contributed by atoms with Crippen molar-refractivity contribution >= 4 is 22.9 Å². The van der Waals surface area contributed by atoms with Gasteiger partial charge < -0.3 is 0 Å². The summed E-state index contributed by atoms with van der Waals surface area (Å²) in [5.41, 5.74) is 1.16. The molecule has 0 fully saturated rings. The number of thiophene rings is 1. The van der Waals surface area contributed by atoms with E-state index in [1.165, 1.54) is 0 Å². The number of halogens is 1. The van der Waals surface area contributed by atoms with Crippen LogP contribution < -0.4 is 0 Å². The molecule has 0 bridgehead atoms. The lowest BCUT2D eigenvalue weighted by Crippen LogP contribution is -1.62. The average molecular weight is 132 g/mol. The van der Waals surface area contributed by atoms with E-state index < -0.39 is 0 Å². The van der Waals surface area contributed by atoms with Crippen molar-refractivity contribution in [3.63, 3.8) is 0 Å². The highest BCUT2D eigenvalue weighted by Gasteiger charge is 1.84. The molecule has 0 N–H and O–H groups in total. The first-order valence-electron chi connectivity index (χ1n) is 1.93. The van der Waals surface area contributed by atoms with E-state index in [1.54, 1.807) is 11.3 Å². The van der Waals surface area contributed by atoms with Crippen LogP contribution in [0.1, 0.15) is 5.56 Å². The first-order valence-corrected chi connectivity index (χ1v) is 3.34. The monoisotopic (exact) mass is 131 g/mol. The van der Waals surface area contributed by atoms with E-state index in [0.717, 1.165) is 5.56 Å². The molecular weight excluding hydrogens is 128 g/mol. The van der Waals surface area contributed by atoms with E-state index in [9.17, 15) is 0 Å². The largest absolute Gasteiger partial charge is 0.143 e. The van der Waals surface area contributed by atoms with Crippen LogP contribution in [0.2, 0.25) is 0 Å². The number of hydrogen-bond acceptors (Lipinski definition) is 1. The maximum absolute atomic E-state index is 5.45. The number of hydrogen-bond donors (Lipinski definition) is 0. The highest BCUT2D eigenvalue weighted by Crippen LogP contribution is 2.06. The molecule has 37 valence electrons. The van der Waals surface area contributed by atoms with Gasteiger partial charge in [-0.1, -0.05) is 0 Å². The van der Waals surface area contributed by atoms with Crippen molar-refractivity contribution < 1.29 is 0 Å². The predicted molar refractivity (Wildman–Crippen MR) is 32.7 cm³/mol. The second kappa shape index (κ2) is 2.34. The Morgan fingerprint density at radius 3 is 3.00 bits per heavy atom. The Labute approximate surface area is 51.7 Å². The molecule has 0 atom stereocenters. The minimum atomic E-state index is 0.611. The third-order valence-electron chi connectivity index (χ3n) is 0.677. The van der Waals surface area contributed by atoms with Crippen molar-refractivity contribution in [2.45, 2.75) is 5.88 Å². The third kappa shape index (κ3) is 1.18. The van der Waals surface area contributed by atoms with E-state index >= 15 is 0 Å². The first-order chi connectivity index (χ1) is 3.43. The summed E-state index contributed by atoms with van der Waals surface area (Å²) in [6, 6.07) is 1.90. The Kier molecular flexibility index (Phi) is 1.71. The minimum Gasteiger partial charge on any atom is -0.143 e. The summed E-state index contributed by atoms with van der Waals surface area (Å²) < 4.78 is 0. The third-order valence-corrected chi connectivity index (χ3v) is 1.66. The van der Waals surface area contributed by atoms with Gasteiger partial charge in [-0.25, -0.2) is 0 Å². The zero-order valence-corrected chi connectivity index (χ0v) is 5.22. The summed E-state index contributed by atoms with van der Waals surface area (Å²) >= 11 is 7.01. The fourth-order valence-corrected chi connectivity index (χ4v) is 1.16.